The minimum Gasteiger partial charge on any atom is -0.309 e. The highest BCUT2D eigenvalue weighted by Gasteiger charge is 2.44. The molecule has 0 saturated carbocycles. The molecule has 158 valence electrons. The van der Waals surface area contributed by atoms with E-state index in [0.29, 0.717) is 30.6 Å². The van der Waals surface area contributed by atoms with Crippen LogP contribution in [0.3, 0.4) is 0 Å². The molecule has 29 heavy (non-hydrogen) atoms. The number of carbonyl (C=O) groups is 1. The zero-order valence-electron chi connectivity index (χ0n) is 14.8. The summed E-state index contributed by atoms with van der Waals surface area (Å²) in [5, 5.41) is 2.08. The molecule has 1 N–H and O–H groups in total. The number of hydrogen-bond acceptors (Lipinski definition) is 5. The summed E-state index contributed by atoms with van der Waals surface area (Å²) < 4.78 is 98.5. The van der Waals surface area contributed by atoms with Gasteiger partial charge in [0, 0.05) is 12.4 Å². The van der Waals surface area contributed by atoms with Gasteiger partial charge >= 0.3 is 12.4 Å². The largest absolute Gasteiger partial charge is 0.433 e. The second-order valence-corrected chi connectivity index (χ2v) is 8.77. The smallest absolute Gasteiger partial charge is 0.309 e. The van der Waals surface area contributed by atoms with E-state index in [9.17, 15) is 39.6 Å². The van der Waals surface area contributed by atoms with Crippen LogP contribution in [0.1, 0.15) is 25.1 Å². The van der Waals surface area contributed by atoms with Crippen molar-refractivity contribution in [3.05, 3.63) is 47.9 Å². The normalized spacial score (nSPS) is 13.2. The van der Waals surface area contributed by atoms with Gasteiger partial charge in [0.15, 0.2) is 9.84 Å². The molecule has 0 fully saturated rings. The maximum atomic E-state index is 12.7. The Kier molecular flexibility index (Phi) is 5.67. The number of anilines is 1. The van der Waals surface area contributed by atoms with E-state index < -0.39 is 49.0 Å². The minimum atomic E-state index is -4.77. The topological polar surface area (TPSA) is 89.0 Å². The van der Waals surface area contributed by atoms with Crippen LogP contribution in [0.15, 0.2) is 41.6 Å². The summed E-state index contributed by atoms with van der Waals surface area (Å²) in [5.41, 5.74) is -2.38. The van der Waals surface area contributed by atoms with E-state index in [1.54, 1.807) is 0 Å². The van der Waals surface area contributed by atoms with E-state index in [1.165, 1.54) is 0 Å². The number of sulfone groups is 1. The molecule has 0 atom stereocenters. The Morgan fingerprint density at radius 3 is 1.93 bits per heavy atom. The van der Waals surface area contributed by atoms with Gasteiger partial charge in [-0.25, -0.2) is 13.4 Å². The molecule has 0 unspecified atom stereocenters. The zero-order chi connectivity index (χ0) is 22.3. The first-order chi connectivity index (χ1) is 13.1. The number of halogens is 6. The molecular weight excluding hydrogens is 428 g/mol. The second kappa shape index (κ2) is 7.28. The summed E-state index contributed by atoms with van der Waals surface area (Å²) in [5.74, 6) is -1.48. The number of rotatable bonds is 4. The van der Waals surface area contributed by atoms with Crippen LogP contribution in [0, 0.1) is 0 Å². The van der Waals surface area contributed by atoms with Crippen molar-refractivity contribution in [2.24, 2.45) is 0 Å². The molecule has 2 aromatic heterocycles. The summed E-state index contributed by atoms with van der Waals surface area (Å²) in [6, 6.07) is 2.60. The lowest BCUT2D eigenvalue weighted by Crippen LogP contribution is -2.44. The van der Waals surface area contributed by atoms with Crippen LogP contribution in [0.25, 0.3) is 0 Å². The van der Waals surface area contributed by atoms with E-state index in [-0.39, 0.29) is 5.82 Å². The Morgan fingerprint density at radius 1 is 0.897 bits per heavy atom. The molecule has 2 aromatic rings. The molecule has 0 saturated heterocycles. The van der Waals surface area contributed by atoms with Crippen molar-refractivity contribution in [2.75, 3.05) is 5.32 Å². The van der Waals surface area contributed by atoms with Crippen LogP contribution in [0.5, 0.6) is 0 Å². The fourth-order valence-electron chi connectivity index (χ4n) is 2.03. The van der Waals surface area contributed by atoms with Crippen molar-refractivity contribution < 1.29 is 39.6 Å². The summed E-state index contributed by atoms with van der Waals surface area (Å²) in [7, 11) is -4.50. The fourth-order valence-corrected chi connectivity index (χ4v) is 3.35. The van der Waals surface area contributed by atoms with Crippen molar-refractivity contribution >= 4 is 21.6 Å². The van der Waals surface area contributed by atoms with Crippen molar-refractivity contribution in [1.82, 2.24) is 9.97 Å². The predicted octanol–water partition coefficient (Wildman–Crippen LogP) is 3.71. The van der Waals surface area contributed by atoms with Crippen molar-refractivity contribution in [2.45, 2.75) is 35.8 Å². The Balaban J connectivity index is 2.27. The lowest BCUT2D eigenvalue weighted by atomic mass is 10.2. The van der Waals surface area contributed by atoms with Crippen molar-refractivity contribution in [1.29, 1.82) is 0 Å². The van der Waals surface area contributed by atoms with Gasteiger partial charge in [-0.1, -0.05) is 0 Å². The van der Waals surface area contributed by atoms with Crippen LogP contribution >= 0.6 is 0 Å². The first-order valence-corrected chi connectivity index (χ1v) is 9.18. The third kappa shape index (κ3) is 4.66. The monoisotopic (exact) mass is 441 g/mol. The molecular formula is C16H13F6N3O3S. The molecule has 6 nitrogen and oxygen atoms in total. The molecule has 0 aliphatic carbocycles. The Bertz CT molecular complexity index is 998. The first kappa shape index (κ1) is 22.6. The molecule has 13 heteroatoms. The summed E-state index contributed by atoms with van der Waals surface area (Å²) in [6.45, 7) is 1.97. The van der Waals surface area contributed by atoms with E-state index >= 15 is 0 Å². The average molecular weight is 441 g/mol. The molecule has 0 radical (unpaired) electrons. The van der Waals surface area contributed by atoms with Gasteiger partial charge in [-0.2, -0.15) is 26.3 Å². The third-order valence-corrected chi connectivity index (χ3v) is 6.28. The van der Waals surface area contributed by atoms with Gasteiger partial charge in [0.25, 0.3) is 0 Å². The molecule has 0 bridgehead atoms. The lowest BCUT2D eigenvalue weighted by molar-refractivity contribution is -0.141. The van der Waals surface area contributed by atoms with E-state index in [0.717, 1.165) is 19.9 Å². The minimum absolute atomic E-state index is 0.336. The number of alkyl halides is 6. The molecule has 2 rings (SSSR count). The number of hydrogen-bond donors (Lipinski definition) is 1. The van der Waals surface area contributed by atoms with E-state index in [2.05, 4.69) is 15.3 Å². The molecule has 0 aliphatic heterocycles. The van der Waals surface area contributed by atoms with Crippen molar-refractivity contribution in [3.63, 3.8) is 0 Å². The third-order valence-electron chi connectivity index (χ3n) is 3.89. The number of nitrogens with zero attached hydrogens (tertiary/aromatic N) is 2. The van der Waals surface area contributed by atoms with E-state index in [1.807, 2.05) is 0 Å². The quantitative estimate of drug-likeness (QED) is 0.731. The molecule has 0 spiro atoms. The van der Waals surface area contributed by atoms with Gasteiger partial charge in [0.2, 0.25) is 5.91 Å². The SMILES string of the molecule is CC(C)(C(=O)Nc1ccc(C(F)(F)F)cn1)S(=O)(=O)c1ccc(C(F)(F)F)nc1. The van der Waals surface area contributed by atoms with E-state index in [4.69, 9.17) is 0 Å². The fraction of sp³-hybridized carbons (Fsp3) is 0.312. The van der Waals surface area contributed by atoms with Gasteiger partial charge in [0.1, 0.15) is 16.3 Å². The van der Waals surface area contributed by atoms with Gasteiger partial charge in [0.05, 0.1) is 10.5 Å². The summed E-state index contributed by atoms with van der Waals surface area (Å²) >= 11 is 0. The van der Waals surface area contributed by atoms with Crippen LogP contribution in [0.4, 0.5) is 32.2 Å². The Morgan fingerprint density at radius 2 is 1.52 bits per heavy atom. The predicted molar refractivity (Wildman–Crippen MR) is 88.4 cm³/mol. The van der Waals surface area contributed by atoms with Crippen LogP contribution in [-0.2, 0) is 27.0 Å². The van der Waals surface area contributed by atoms with Crippen molar-refractivity contribution in [3.8, 4) is 0 Å². The average Bonchev–Trinajstić information content (AvgIpc) is 2.60. The van der Waals surface area contributed by atoms with Gasteiger partial charge < -0.3 is 5.32 Å². The molecule has 0 aliphatic rings. The number of nitrogens with one attached hydrogen (secondary N) is 1. The van der Waals surface area contributed by atoms with Crippen LogP contribution in [-0.4, -0.2) is 29.0 Å². The van der Waals surface area contributed by atoms with Crippen LogP contribution < -0.4 is 5.32 Å². The van der Waals surface area contributed by atoms with Gasteiger partial charge in [-0.05, 0) is 38.1 Å². The maximum Gasteiger partial charge on any atom is 0.433 e. The maximum absolute atomic E-state index is 12.7. The first-order valence-electron chi connectivity index (χ1n) is 7.69. The highest BCUT2D eigenvalue weighted by molar-refractivity contribution is 7.93. The molecule has 1 amide bonds. The molecule has 0 aromatic carbocycles. The van der Waals surface area contributed by atoms with Crippen LogP contribution in [0.2, 0.25) is 0 Å². The summed E-state index contributed by atoms with van der Waals surface area (Å²) in [6.07, 6.45) is -8.49. The lowest BCUT2D eigenvalue weighted by Gasteiger charge is -2.23. The summed E-state index contributed by atoms with van der Waals surface area (Å²) in [4.78, 5) is 18.2. The molecule has 2 heterocycles. The zero-order valence-corrected chi connectivity index (χ0v) is 15.6. The second-order valence-electron chi connectivity index (χ2n) is 6.27. The highest BCUT2D eigenvalue weighted by Crippen LogP contribution is 2.31. The Labute approximate surface area is 160 Å². The van der Waals surface area contributed by atoms with Gasteiger partial charge in [-0.15, -0.1) is 0 Å². The number of aromatic nitrogens is 2. The number of pyridine rings is 2. The standard InChI is InChI=1S/C16H13F6N3O3S/c1-14(2,13(26)25-12-6-3-9(7-24-12)15(17,18)19)29(27,28)10-4-5-11(23-8-10)16(20,21)22/h3-8H,1-2H3,(H,24,25,26). The number of carbonyl (C=O) groups excluding carboxylic acids is 1. The number of amides is 1. The highest BCUT2D eigenvalue weighted by atomic mass is 32.2. The Hall–Kier alpha value is -2.70. The van der Waals surface area contributed by atoms with Gasteiger partial charge in [-0.3, -0.25) is 9.78 Å².